The maximum Gasteiger partial charge on any atom is 0.472 e. The predicted octanol–water partition coefficient (Wildman–Crippen LogP) is 12.3. The van der Waals surface area contributed by atoms with Gasteiger partial charge in [0.1, 0.15) is 19.3 Å². The minimum atomic E-state index is -4.27. The lowest BCUT2D eigenvalue weighted by Gasteiger charge is -2.24. The lowest BCUT2D eigenvalue weighted by atomic mass is 10.1. The SMILES string of the molecule is CCCCCCCC/C=C\CCCCCCCCCC(=O)OC(COCCCCCCCCCCCCCC)COP(=O)(O)OCC[N+](C)(C)C. The first-order valence-corrected chi connectivity index (χ1v) is 22.9. The average molecular weight is 747 g/mol. The highest BCUT2D eigenvalue weighted by molar-refractivity contribution is 7.47. The van der Waals surface area contributed by atoms with Crippen LogP contribution in [-0.2, 0) is 27.9 Å². The number of ether oxygens (including phenoxy) is 2. The van der Waals surface area contributed by atoms with Crippen molar-refractivity contribution in [3.63, 3.8) is 0 Å². The molecule has 0 aromatic carbocycles. The number of phosphoric acid groups is 1. The van der Waals surface area contributed by atoms with E-state index in [0.717, 1.165) is 32.1 Å². The van der Waals surface area contributed by atoms with Crippen molar-refractivity contribution in [1.29, 1.82) is 0 Å². The molecule has 0 aliphatic carbocycles. The number of nitrogens with zero attached hydrogens (tertiary/aromatic N) is 1. The number of esters is 1. The first-order valence-electron chi connectivity index (χ1n) is 21.4. The van der Waals surface area contributed by atoms with Crippen LogP contribution in [0.15, 0.2) is 12.2 Å². The highest BCUT2D eigenvalue weighted by Gasteiger charge is 2.26. The maximum absolute atomic E-state index is 12.7. The number of rotatable bonds is 40. The summed E-state index contributed by atoms with van der Waals surface area (Å²) in [7, 11) is 1.67. The lowest BCUT2D eigenvalue weighted by molar-refractivity contribution is -0.870. The molecule has 0 aromatic heterocycles. The van der Waals surface area contributed by atoms with Gasteiger partial charge in [0.05, 0.1) is 34.4 Å². The molecule has 0 saturated heterocycles. The van der Waals surface area contributed by atoms with E-state index in [-0.39, 0.29) is 25.8 Å². The Morgan fingerprint density at radius 2 is 1.02 bits per heavy atom. The fraction of sp³-hybridized carbons (Fsp3) is 0.929. The monoisotopic (exact) mass is 747 g/mol. The fourth-order valence-electron chi connectivity index (χ4n) is 5.96. The Morgan fingerprint density at radius 1 is 0.588 bits per heavy atom. The van der Waals surface area contributed by atoms with Gasteiger partial charge in [0.25, 0.3) is 0 Å². The van der Waals surface area contributed by atoms with Gasteiger partial charge in [-0.2, -0.15) is 0 Å². The van der Waals surface area contributed by atoms with Crippen LogP contribution >= 0.6 is 7.82 Å². The third kappa shape index (κ3) is 40.3. The van der Waals surface area contributed by atoms with Gasteiger partial charge in [-0.15, -0.1) is 0 Å². The molecule has 0 spiro atoms. The number of carbonyl (C=O) groups excluding carboxylic acids is 1. The standard InChI is InChI=1S/C42H84NO7P/c1-6-8-10-12-14-16-18-20-21-22-23-24-25-27-29-31-33-35-42(44)50-41(40-49-51(45,46)48-38-36-43(3,4)5)39-47-37-34-32-30-28-26-19-17-15-13-11-9-7-2/h20-21,41H,6-19,22-40H2,1-5H3/p+1/b21-20-. The van der Waals surface area contributed by atoms with Crippen molar-refractivity contribution in [3.8, 4) is 0 Å². The van der Waals surface area contributed by atoms with Crippen molar-refractivity contribution in [2.75, 3.05) is 54.1 Å². The molecule has 2 unspecified atom stereocenters. The van der Waals surface area contributed by atoms with E-state index in [1.165, 1.54) is 141 Å². The van der Waals surface area contributed by atoms with Gasteiger partial charge in [-0.3, -0.25) is 13.8 Å². The zero-order valence-corrected chi connectivity index (χ0v) is 35.3. The molecule has 0 bridgehead atoms. The summed E-state index contributed by atoms with van der Waals surface area (Å²) in [6.45, 7) is 5.64. The second-order valence-electron chi connectivity index (χ2n) is 15.7. The summed E-state index contributed by atoms with van der Waals surface area (Å²) < 4.78 is 34.9. The maximum atomic E-state index is 12.7. The summed E-state index contributed by atoms with van der Waals surface area (Å²) in [6.07, 6.45) is 38.0. The second kappa shape index (κ2) is 36.2. The Labute approximate surface area is 316 Å². The molecule has 0 aliphatic heterocycles. The fourth-order valence-corrected chi connectivity index (χ4v) is 6.70. The zero-order valence-electron chi connectivity index (χ0n) is 34.4. The van der Waals surface area contributed by atoms with Crippen LogP contribution < -0.4 is 0 Å². The number of allylic oxidation sites excluding steroid dienone is 2. The van der Waals surface area contributed by atoms with Crippen LogP contribution in [0.3, 0.4) is 0 Å². The van der Waals surface area contributed by atoms with Gasteiger partial charge in [0.15, 0.2) is 0 Å². The van der Waals surface area contributed by atoms with Crippen molar-refractivity contribution < 1.29 is 37.3 Å². The molecule has 2 atom stereocenters. The highest BCUT2D eigenvalue weighted by atomic mass is 31.2. The molecule has 0 aliphatic rings. The van der Waals surface area contributed by atoms with Crippen LogP contribution in [0.5, 0.6) is 0 Å². The van der Waals surface area contributed by atoms with Crippen molar-refractivity contribution in [2.45, 2.75) is 200 Å². The largest absolute Gasteiger partial charge is 0.472 e. The summed E-state index contributed by atoms with van der Waals surface area (Å²) in [4.78, 5) is 22.8. The van der Waals surface area contributed by atoms with Crippen LogP contribution in [0, 0.1) is 0 Å². The Bertz CT molecular complexity index is 833. The third-order valence-corrected chi connectivity index (χ3v) is 10.3. The molecular formula is C42H85NO7P+. The molecule has 1 N–H and O–H groups in total. The van der Waals surface area contributed by atoms with Crippen LogP contribution in [0.2, 0.25) is 0 Å². The number of likely N-dealkylation sites (N-methyl/N-ethyl adjacent to an activating group) is 1. The van der Waals surface area contributed by atoms with E-state index >= 15 is 0 Å². The molecule has 0 radical (unpaired) electrons. The quantitative estimate of drug-likeness (QED) is 0.0219. The number of quaternary nitrogens is 1. The lowest BCUT2D eigenvalue weighted by Crippen LogP contribution is -2.37. The molecule has 8 nitrogen and oxygen atoms in total. The summed E-state index contributed by atoms with van der Waals surface area (Å²) in [5, 5.41) is 0. The van der Waals surface area contributed by atoms with Crippen LogP contribution in [-0.4, -0.2) is 75.6 Å². The second-order valence-corrected chi connectivity index (χ2v) is 17.2. The zero-order chi connectivity index (χ0) is 37.7. The molecule has 9 heteroatoms. The van der Waals surface area contributed by atoms with Crippen molar-refractivity contribution >= 4 is 13.8 Å². The van der Waals surface area contributed by atoms with Gasteiger partial charge in [0.2, 0.25) is 0 Å². The van der Waals surface area contributed by atoms with E-state index in [1.54, 1.807) is 0 Å². The summed E-state index contributed by atoms with van der Waals surface area (Å²) >= 11 is 0. The average Bonchev–Trinajstić information content (AvgIpc) is 3.08. The van der Waals surface area contributed by atoms with E-state index in [1.807, 2.05) is 21.1 Å². The molecule has 51 heavy (non-hydrogen) atoms. The smallest absolute Gasteiger partial charge is 0.457 e. The van der Waals surface area contributed by atoms with Gasteiger partial charge in [-0.05, 0) is 38.5 Å². The molecule has 0 amide bonds. The van der Waals surface area contributed by atoms with Crippen LogP contribution in [0.4, 0.5) is 0 Å². The first kappa shape index (κ1) is 50.2. The van der Waals surface area contributed by atoms with E-state index in [4.69, 9.17) is 18.5 Å². The Morgan fingerprint density at radius 3 is 1.49 bits per heavy atom. The molecule has 0 rings (SSSR count). The van der Waals surface area contributed by atoms with Gasteiger partial charge >= 0.3 is 13.8 Å². The van der Waals surface area contributed by atoms with E-state index in [0.29, 0.717) is 24.1 Å². The van der Waals surface area contributed by atoms with E-state index < -0.39 is 13.9 Å². The third-order valence-electron chi connectivity index (χ3n) is 9.33. The van der Waals surface area contributed by atoms with E-state index in [9.17, 15) is 14.3 Å². The molecule has 304 valence electrons. The summed E-state index contributed by atoms with van der Waals surface area (Å²) in [6, 6.07) is 0. The minimum absolute atomic E-state index is 0.0908. The number of unbranched alkanes of at least 4 members (excludes halogenated alkanes) is 24. The molecule has 0 fully saturated rings. The minimum Gasteiger partial charge on any atom is -0.457 e. The van der Waals surface area contributed by atoms with Crippen LogP contribution in [0.1, 0.15) is 194 Å². The molecule has 0 heterocycles. The molecule has 0 saturated carbocycles. The number of phosphoric ester groups is 1. The van der Waals surface area contributed by atoms with Crippen LogP contribution in [0.25, 0.3) is 0 Å². The first-order chi connectivity index (χ1) is 24.6. The van der Waals surface area contributed by atoms with Crippen molar-refractivity contribution in [1.82, 2.24) is 0 Å². The Hall–Kier alpha value is -0.760. The predicted molar refractivity (Wildman–Crippen MR) is 215 cm³/mol. The topological polar surface area (TPSA) is 91.3 Å². The number of carbonyl (C=O) groups is 1. The summed E-state index contributed by atoms with van der Waals surface area (Å²) in [5.41, 5.74) is 0. The number of hydrogen-bond donors (Lipinski definition) is 1. The van der Waals surface area contributed by atoms with Crippen molar-refractivity contribution in [3.05, 3.63) is 12.2 Å². The van der Waals surface area contributed by atoms with Gasteiger partial charge in [0, 0.05) is 13.0 Å². The highest BCUT2D eigenvalue weighted by Crippen LogP contribution is 2.43. The van der Waals surface area contributed by atoms with Gasteiger partial charge in [-0.1, -0.05) is 161 Å². The van der Waals surface area contributed by atoms with Gasteiger partial charge < -0.3 is 18.9 Å². The Balaban J connectivity index is 4.22. The van der Waals surface area contributed by atoms with Gasteiger partial charge in [-0.25, -0.2) is 4.57 Å². The Kier molecular flexibility index (Phi) is 35.7. The van der Waals surface area contributed by atoms with E-state index in [2.05, 4.69) is 26.0 Å². The van der Waals surface area contributed by atoms with Crippen molar-refractivity contribution in [2.24, 2.45) is 0 Å². The molecular weight excluding hydrogens is 661 g/mol. The normalized spacial score (nSPS) is 13.9. The molecule has 0 aromatic rings. The number of hydrogen-bond acceptors (Lipinski definition) is 6. The summed E-state index contributed by atoms with van der Waals surface area (Å²) in [5.74, 6) is -0.316.